The molecule has 2 heterocycles. The first-order valence-corrected chi connectivity index (χ1v) is 9.53. The summed E-state index contributed by atoms with van der Waals surface area (Å²) in [5.74, 6) is 1.45. The molecule has 1 saturated heterocycles. The molecule has 0 radical (unpaired) electrons. The number of nitrogens with one attached hydrogen (secondary N) is 1. The molecule has 1 aromatic heterocycles. The lowest BCUT2D eigenvalue weighted by molar-refractivity contribution is 0.197. The normalized spacial score (nSPS) is 18.8. The summed E-state index contributed by atoms with van der Waals surface area (Å²) in [4.78, 5) is 10.7. The standard InChI is InChI=1S/C19H18Cl3N3/c20-14-3-4-17-18(9-14)24-19(23-17)13-2-1-5-25(11-13)10-12-6-15(21)8-16(22)7-12/h3-4,6-9,13H,1-2,5,10-11H2,(H,23,24)/t13-/m0/s1. The summed E-state index contributed by atoms with van der Waals surface area (Å²) in [5.41, 5.74) is 3.12. The van der Waals surface area contributed by atoms with Gasteiger partial charge in [-0.2, -0.15) is 0 Å². The van der Waals surface area contributed by atoms with Crippen molar-refractivity contribution in [3.05, 3.63) is 62.9 Å². The van der Waals surface area contributed by atoms with E-state index in [1.165, 1.54) is 0 Å². The van der Waals surface area contributed by atoms with Crippen molar-refractivity contribution in [3.8, 4) is 0 Å². The number of H-pyrrole nitrogens is 1. The molecule has 0 saturated carbocycles. The largest absolute Gasteiger partial charge is 0.342 e. The van der Waals surface area contributed by atoms with Crippen LogP contribution in [0, 0.1) is 0 Å². The van der Waals surface area contributed by atoms with Gasteiger partial charge in [-0.15, -0.1) is 0 Å². The second-order valence-electron chi connectivity index (χ2n) is 6.64. The van der Waals surface area contributed by atoms with Crippen molar-refractivity contribution in [2.24, 2.45) is 0 Å². The van der Waals surface area contributed by atoms with Gasteiger partial charge in [-0.1, -0.05) is 34.8 Å². The van der Waals surface area contributed by atoms with Gasteiger partial charge in [0.2, 0.25) is 0 Å². The smallest absolute Gasteiger partial charge is 0.111 e. The van der Waals surface area contributed by atoms with Gasteiger partial charge < -0.3 is 4.98 Å². The number of benzene rings is 2. The zero-order chi connectivity index (χ0) is 17.4. The van der Waals surface area contributed by atoms with Gasteiger partial charge in [-0.25, -0.2) is 4.98 Å². The number of fused-ring (bicyclic) bond motifs is 1. The highest BCUT2D eigenvalue weighted by molar-refractivity contribution is 6.34. The Bertz CT molecular complexity index is 886. The van der Waals surface area contributed by atoms with E-state index in [4.69, 9.17) is 39.8 Å². The zero-order valence-corrected chi connectivity index (χ0v) is 15.9. The van der Waals surface area contributed by atoms with Crippen LogP contribution in [-0.4, -0.2) is 28.0 Å². The molecule has 0 amide bonds. The maximum Gasteiger partial charge on any atom is 0.111 e. The number of hydrogen-bond donors (Lipinski definition) is 1. The Morgan fingerprint density at radius 2 is 1.84 bits per heavy atom. The number of piperidine rings is 1. The molecule has 2 aromatic carbocycles. The maximum absolute atomic E-state index is 6.12. The summed E-state index contributed by atoms with van der Waals surface area (Å²) in [5, 5.41) is 2.09. The molecular formula is C19H18Cl3N3. The van der Waals surface area contributed by atoms with Gasteiger partial charge >= 0.3 is 0 Å². The average molecular weight is 395 g/mol. The summed E-state index contributed by atoms with van der Waals surface area (Å²) in [6, 6.07) is 11.5. The summed E-state index contributed by atoms with van der Waals surface area (Å²) in [6.07, 6.45) is 2.29. The number of aromatic amines is 1. The third-order valence-corrected chi connectivity index (χ3v) is 5.36. The van der Waals surface area contributed by atoms with Crippen molar-refractivity contribution in [3.63, 3.8) is 0 Å². The average Bonchev–Trinajstić information content (AvgIpc) is 2.97. The summed E-state index contributed by atoms with van der Waals surface area (Å²) >= 11 is 18.3. The van der Waals surface area contributed by atoms with Gasteiger partial charge in [0.25, 0.3) is 0 Å². The fourth-order valence-electron chi connectivity index (χ4n) is 3.57. The SMILES string of the molecule is Clc1cc(Cl)cc(CN2CCC[C@H](c3nc4cc(Cl)ccc4[nH]3)C2)c1. The van der Waals surface area contributed by atoms with Crippen molar-refractivity contribution >= 4 is 45.8 Å². The number of likely N-dealkylation sites (tertiary alicyclic amines) is 1. The first-order valence-electron chi connectivity index (χ1n) is 8.39. The highest BCUT2D eigenvalue weighted by atomic mass is 35.5. The Morgan fingerprint density at radius 3 is 2.64 bits per heavy atom. The van der Waals surface area contributed by atoms with E-state index in [0.717, 1.165) is 54.9 Å². The Kier molecular flexibility index (Phi) is 4.92. The van der Waals surface area contributed by atoms with Gasteiger partial charge in [0, 0.05) is 34.1 Å². The molecule has 3 aromatic rings. The van der Waals surface area contributed by atoms with Crippen LogP contribution in [0.25, 0.3) is 11.0 Å². The van der Waals surface area contributed by atoms with Gasteiger partial charge in [0.15, 0.2) is 0 Å². The monoisotopic (exact) mass is 393 g/mol. The summed E-state index contributed by atoms with van der Waals surface area (Å²) in [6.45, 7) is 2.90. The molecule has 3 nitrogen and oxygen atoms in total. The first-order chi connectivity index (χ1) is 12.1. The van der Waals surface area contributed by atoms with Crippen molar-refractivity contribution < 1.29 is 0 Å². The van der Waals surface area contributed by atoms with Crippen molar-refractivity contribution in [1.82, 2.24) is 14.9 Å². The van der Waals surface area contributed by atoms with Crippen molar-refractivity contribution in [2.75, 3.05) is 13.1 Å². The fraction of sp³-hybridized carbons (Fsp3) is 0.316. The topological polar surface area (TPSA) is 31.9 Å². The third-order valence-electron chi connectivity index (χ3n) is 4.68. The number of imidazole rings is 1. The molecule has 0 bridgehead atoms. The minimum atomic E-state index is 0.398. The lowest BCUT2D eigenvalue weighted by Gasteiger charge is -2.31. The van der Waals surface area contributed by atoms with Gasteiger partial charge in [0.05, 0.1) is 11.0 Å². The van der Waals surface area contributed by atoms with Gasteiger partial charge in [-0.3, -0.25) is 4.90 Å². The number of rotatable bonds is 3. The third kappa shape index (κ3) is 3.95. The number of aromatic nitrogens is 2. The van der Waals surface area contributed by atoms with Crippen LogP contribution in [0.2, 0.25) is 15.1 Å². The van der Waals surface area contributed by atoms with Crippen LogP contribution >= 0.6 is 34.8 Å². The molecule has 1 aliphatic rings. The van der Waals surface area contributed by atoms with Gasteiger partial charge in [-0.05, 0) is 61.3 Å². The quantitative estimate of drug-likeness (QED) is 0.599. The van der Waals surface area contributed by atoms with E-state index < -0.39 is 0 Å². The number of nitrogens with zero attached hydrogens (tertiary/aromatic N) is 2. The van der Waals surface area contributed by atoms with E-state index in [1.807, 2.05) is 30.3 Å². The number of hydrogen-bond acceptors (Lipinski definition) is 2. The predicted molar refractivity (Wildman–Crippen MR) is 105 cm³/mol. The molecule has 1 N–H and O–H groups in total. The molecule has 0 unspecified atom stereocenters. The van der Waals surface area contributed by atoms with Crippen LogP contribution in [0.5, 0.6) is 0 Å². The van der Waals surface area contributed by atoms with E-state index in [1.54, 1.807) is 6.07 Å². The molecule has 1 atom stereocenters. The fourth-order valence-corrected chi connectivity index (χ4v) is 4.31. The van der Waals surface area contributed by atoms with E-state index in [-0.39, 0.29) is 0 Å². The Hall–Kier alpha value is -1.26. The van der Waals surface area contributed by atoms with Crippen molar-refractivity contribution in [2.45, 2.75) is 25.3 Å². The van der Waals surface area contributed by atoms with Crippen LogP contribution < -0.4 is 0 Å². The van der Waals surface area contributed by atoms with Crippen LogP contribution in [0.1, 0.15) is 30.1 Å². The first kappa shape index (κ1) is 17.2. The number of halogens is 3. The minimum Gasteiger partial charge on any atom is -0.342 e. The van der Waals surface area contributed by atoms with Crippen LogP contribution in [0.4, 0.5) is 0 Å². The molecule has 1 aliphatic heterocycles. The maximum atomic E-state index is 6.12. The Morgan fingerprint density at radius 1 is 1.04 bits per heavy atom. The van der Waals surface area contributed by atoms with E-state index in [0.29, 0.717) is 21.0 Å². The second-order valence-corrected chi connectivity index (χ2v) is 7.94. The summed E-state index contributed by atoms with van der Waals surface area (Å²) < 4.78 is 0. The Balaban J connectivity index is 1.51. The molecule has 25 heavy (non-hydrogen) atoms. The molecule has 0 spiro atoms. The molecule has 1 fully saturated rings. The zero-order valence-electron chi connectivity index (χ0n) is 13.6. The van der Waals surface area contributed by atoms with Crippen LogP contribution in [-0.2, 0) is 6.54 Å². The van der Waals surface area contributed by atoms with E-state index >= 15 is 0 Å². The molecule has 4 rings (SSSR count). The van der Waals surface area contributed by atoms with E-state index in [2.05, 4.69) is 9.88 Å². The molecule has 6 heteroatoms. The molecule has 0 aliphatic carbocycles. The van der Waals surface area contributed by atoms with Crippen molar-refractivity contribution in [1.29, 1.82) is 0 Å². The second kappa shape index (κ2) is 7.16. The predicted octanol–water partition coefficient (Wildman–Crippen LogP) is 5.90. The molecule has 130 valence electrons. The van der Waals surface area contributed by atoms with Gasteiger partial charge in [0.1, 0.15) is 5.82 Å². The van der Waals surface area contributed by atoms with Crippen LogP contribution in [0.15, 0.2) is 36.4 Å². The highest BCUT2D eigenvalue weighted by Crippen LogP contribution is 2.29. The Labute approximate surface area is 161 Å². The minimum absolute atomic E-state index is 0.398. The summed E-state index contributed by atoms with van der Waals surface area (Å²) in [7, 11) is 0. The highest BCUT2D eigenvalue weighted by Gasteiger charge is 2.24. The lowest BCUT2D eigenvalue weighted by atomic mass is 9.97. The van der Waals surface area contributed by atoms with E-state index in [9.17, 15) is 0 Å². The lowest BCUT2D eigenvalue weighted by Crippen LogP contribution is -2.34. The molecular weight excluding hydrogens is 377 g/mol. The van der Waals surface area contributed by atoms with Crippen LogP contribution in [0.3, 0.4) is 0 Å².